The lowest BCUT2D eigenvalue weighted by atomic mass is 9.97. The van der Waals surface area contributed by atoms with Gasteiger partial charge in [0.15, 0.2) is 12.6 Å². The van der Waals surface area contributed by atoms with Gasteiger partial charge in [-0.15, -0.1) is 0 Å². The Hall–Kier alpha value is -2.65. The average molecular weight is 461 g/mol. The molecule has 0 aliphatic heterocycles. The number of fused-ring (bicyclic) bond motifs is 1. The summed E-state index contributed by atoms with van der Waals surface area (Å²) >= 11 is 0. The first kappa shape index (κ1) is 26.0. The first-order chi connectivity index (χ1) is 16.6. The van der Waals surface area contributed by atoms with E-state index in [4.69, 9.17) is 9.47 Å². The van der Waals surface area contributed by atoms with Crippen molar-refractivity contribution in [3.05, 3.63) is 77.4 Å². The largest absolute Gasteiger partial charge is 0.467 e. The van der Waals surface area contributed by atoms with Crippen molar-refractivity contribution in [2.75, 3.05) is 6.79 Å². The summed E-state index contributed by atoms with van der Waals surface area (Å²) in [6.45, 7) is 7.13. The maximum atomic E-state index is 12.3. The summed E-state index contributed by atoms with van der Waals surface area (Å²) in [5.74, 6) is 1.47. The molecule has 34 heavy (non-hydrogen) atoms. The van der Waals surface area contributed by atoms with Crippen molar-refractivity contribution >= 4 is 16.6 Å². The fraction of sp³-hybridized carbons (Fsp3) is 0.452. The number of ketones is 1. The molecule has 0 amide bonds. The number of Topliss-reactive ketones (excluding diaryl/α,β-unsaturated/α-hetero) is 1. The lowest BCUT2D eigenvalue weighted by Gasteiger charge is -2.11. The van der Waals surface area contributed by atoms with Gasteiger partial charge in [-0.05, 0) is 41.3 Å². The molecule has 0 saturated heterocycles. The Labute approximate surface area is 205 Å². The van der Waals surface area contributed by atoms with Crippen LogP contribution in [0.25, 0.3) is 10.8 Å². The SMILES string of the molecule is CCCCCCCc1ccc2c(OCOCc3ccc(C(=O)C[C@H](C)CC)cc3)cccc2c1. The van der Waals surface area contributed by atoms with E-state index in [9.17, 15) is 4.79 Å². The number of hydrogen-bond donors (Lipinski definition) is 0. The fourth-order valence-electron chi connectivity index (χ4n) is 4.15. The molecule has 1 atom stereocenters. The molecule has 0 unspecified atom stereocenters. The number of hydrogen-bond acceptors (Lipinski definition) is 3. The van der Waals surface area contributed by atoms with E-state index >= 15 is 0 Å². The number of aryl methyl sites for hydroxylation is 1. The topological polar surface area (TPSA) is 35.5 Å². The molecule has 0 saturated carbocycles. The normalized spacial score (nSPS) is 12.1. The molecule has 0 radical (unpaired) electrons. The second-order valence-electron chi connectivity index (χ2n) is 9.42. The average Bonchev–Trinajstić information content (AvgIpc) is 2.86. The predicted molar refractivity (Wildman–Crippen MR) is 142 cm³/mol. The molecule has 0 heterocycles. The highest BCUT2D eigenvalue weighted by Crippen LogP contribution is 2.27. The molecule has 0 fully saturated rings. The third-order valence-electron chi connectivity index (χ3n) is 6.55. The predicted octanol–water partition coefficient (Wildman–Crippen LogP) is 8.52. The molecule has 0 bridgehead atoms. The van der Waals surface area contributed by atoms with Gasteiger partial charge in [0, 0.05) is 17.4 Å². The van der Waals surface area contributed by atoms with Crippen molar-refractivity contribution in [3.63, 3.8) is 0 Å². The first-order valence-corrected chi connectivity index (χ1v) is 12.9. The molecule has 182 valence electrons. The van der Waals surface area contributed by atoms with Crippen molar-refractivity contribution in [3.8, 4) is 5.75 Å². The summed E-state index contributed by atoms with van der Waals surface area (Å²) in [5.41, 5.74) is 3.20. The van der Waals surface area contributed by atoms with E-state index in [1.807, 2.05) is 36.4 Å². The molecule has 3 rings (SSSR count). The van der Waals surface area contributed by atoms with Gasteiger partial charge in [-0.3, -0.25) is 4.79 Å². The molecule has 3 aromatic carbocycles. The van der Waals surface area contributed by atoms with E-state index < -0.39 is 0 Å². The van der Waals surface area contributed by atoms with E-state index in [1.54, 1.807) is 0 Å². The van der Waals surface area contributed by atoms with Gasteiger partial charge in [0.2, 0.25) is 0 Å². The summed E-state index contributed by atoms with van der Waals surface area (Å²) < 4.78 is 11.7. The standard InChI is InChI=1S/C31H40O3/c1-4-6-7-8-9-11-25-16-19-29-28(21-25)12-10-13-31(29)34-23-33-22-26-14-17-27(18-15-26)30(32)20-24(3)5-2/h10,12-19,21,24H,4-9,11,20,22-23H2,1-3H3/t24-/m1/s1. The fourth-order valence-corrected chi connectivity index (χ4v) is 4.15. The van der Waals surface area contributed by atoms with Crippen LogP contribution in [0.15, 0.2) is 60.7 Å². The highest BCUT2D eigenvalue weighted by Gasteiger charge is 2.10. The molecule has 3 heteroatoms. The van der Waals surface area contributed by atoms with Crippen molar-refractivity contribution < 1.29 is 14.3 Å². The Bertz CT molecular complexity index is 1020. The zero-order chi connectivity index (χ0) is 24.2. The molecular weight excluding hydrogens is 420 g/mol. The lowest BCUT2D eigenvalue weighted by molar-refractivity contribution is 0.00588. The highest BCUT2D eigenvalue weighted by atomic mass is 16.7. The second-order valence-corrected chi connectivity index (χ2v) is 9.42. The van der Waals surface area contributed by atoms with Crippen LogP contribution in [0.5, 0.6) is 5.75 Å². The van der Waals surface area contributed by atoms with Gasteiger partial charge in [-0.2, -0.15) is 0 Å². The Morgan fingerprint density at radius 1 is 0.882 bits per heavy atom. The zero-order valence-electron chi connectivity index (χ0n) is 21.1. The lowest BCUT2D eigenvalue weighted by Crippen LogP contribution is -2.06. The van der Waals surface area contributed by atoms with Crippen LogP contribution in [0, 0.1) is 5.92 Å². The second kappa shape index (κ2) is 13.9. The Morgan fingerprint density at radius 2 is 1.65 bits per heavy atom. The zero-order valence-corrected chi connectivity index (χ0v) is 21.1. The maximum absolute atomic E-state index is 12.3. The molecular formula is C31H40O3. The summed E-state index contributed by atoms with van der Waals surface area (Å²) in [6.07, 6.45) is 9.28. The van der Waals surface area contributed by atoms with E-state index in [0.29, 0.717) is 18.9 Å². The minimum atomic E-state index is 0.187. The van der Waals surface area contributed by atoms with E-state index in [1.165, 1.54) is 43.1 Å². The van der Waals surface area contributed by atoms with Crippen LogP contribution in [-0.2, 0) is 17.8 Å². The minimum Gasteiger partial charge on any atom is -0.467 e. The molecule has 3 aromatic rings. The summed E-state index contributed by atoms with van der Waals surface area (Å²) in [4.78, 5) is 12.3. The molecule has 0 N–H and O–H groups in total. The van der Waals surface area contributed by atoms with Crippen LogP contribution in [0.2, 0.25) is 0 Å². The van der Waals surface area contributed by atoms with E-state index in [2.05, 4.69) is 45.0 Å². The number of ether oxygens (including phenoxy) is 2. The molecule has 0 aromatic heterocycles. The molecule has 0 aliphatic carbocycles. The first-order valence-electron chi connectivity index (χ1n) is 12.9. The van der Waals surface area contributed by atoms with Crippen molar-refractivity contribution in [1.82, 2.24) is 0 Å². The van der Waals surface area contributed by atoms with Crippen molar-refractivity contribution in [1.29, 1.82) is 0 Å². The highest BCUT2D eigenvalue weighted by molar-refractivity contribution is 5.96. The van der Waals surface area contributed by atoms with E-state index in [-0.39, 0.29) is 12.6 Å². The van der Waals surface area contributed by atoms with Gasteiger partial charge in [-0.1, -0.05) is 107 Å². The van der Waals surface area contributed by atoms with Gasteiger partial charge in [-0.25, -0.2) is 0 Å². The third kappa shape index (κ3) is 7.99. The van der Waals surface area contributed by atoms with Gasteiger partial charge in [0.25, 0.3) is 0 Å². The monoisotopic (exact) mass is 460 g/mol. The van der Waals surface area contributed by atoms with Crippen LogP contribution in [0.1, 0.15) is 87.2 Å². The summed E-state index contributed by atoms with van der Waals surface area (Å²) in [6, 6.07) is 20.6. The third-order valence-corrected chi connectivity index (χ3v) is 6.55. The maximum Gasteiger partial charge on any atom is 0.189 e. The number of benzene rings is 3. The van der Waals surface area contributed by atoms with Gasteiger partial charge < -0.3 is 9.47 Å². The van der Waals surface area contributed by atoms with Crippen LogP contribution < -0.4 is 4.74 Å². The quantitative estimate of drug-likeness (QED) is 0.129. The van der Waals surface area contributed by atoms with Gasteiger partial charge >= 0.3 is 0 Å². The Morgan fingerprint density at radius 3 is 2.41 bits per heavy atom. The number of unbranched alkanes of at least 4 members (excludes halogenated alkanes) is 4. The van der Waals surface area contributed by atoms with Crippen LogP contribution in [0.4, 0.5) is 0 Å². The number of carbonyl (C=O) groups is 1. The Balaban J connectivity index is 1.47. The van der Waals surface area contributed by atoms with Crippen molar-refractivity contribution in [2.24, 2.45) is 5.92 Å². The number of carbonyl (C=O) groups excluding carboxylic acids is 1. The smallest absolute Gasteiger partial charge is 0.189 e. The van der Waals surface area contributed by atoms with Crippen LogP contribution in [0.3, 0.4) is 0 Å². The molecule has 0 spiro atoms. The van der Waals surface area contributed by atoms with E-state index in [0.717, 1.165) is 35.1 Å². The Kier molecular flexibility index (Phi) is 10.6. The number of rotatable bonds is 15. The summed E-state index contributed by atoms with van der Waals surface area (Å²) in [7, 11) is 0. The molecule has 3 nitrogen and oxygen atoms in total. The molecule has 0 aliphatic rings. The van der Waals surface area contributed by atoms with Crippen LogP contribution >= 0.6 is 0 Å². The van der Waals surface area contributed by atoms with Gasteiger partial charge in [0.05, 0.1) is 6.61 Å². The van der Waals surface area contributed by atoms with Crippen molar-refractivity contribution in [2.45, 2.75) is 78.7 Å². The van der Waals surface area contributed by atoms with Gasteiger partial charge in [0.1, 0.15) is 5.75 Å². The van der Waals surface area contributed by atoms with Crippen LogP contribution in [-0.4, -0.2) is 12.6 Å². The minimum absolute atomic E-state index is 0.187. The summed E-state index contributed by atoms with van der Waals surface area (Å²) in [5, 5.41) is 2.33.